The lowest BCUT2D eigenvalue weighted by molar-refractivity contribution is -0.117. The van der Waals surface area contributed by atoms with E-state index in [4.69, 9.17) is 4.74 Å². The summed E-state index contributed by atoms with van der Waals surface area (Å²) < 4.78 is 6.11. The molecule has 8 nitrogen and oxygen atoms in total. The van der Waals surface area contributed by atoms with Crippen LogP contribution in [-0.4, -0.2) is 38.1 Å². The molecule has 206 valence electrons. The molecule has 9 heteroatoms. The molecule has 0 radical (unpaired) electrons. The maximum absolute atomic E-state index is 13.1. The Morgan fingerprint density at radius 2 is 1.54 bits per heavy atom. The zero-order chi connectivity index (χ0) is 29.2. The van der Waals surface area contributed by atoms with Crippen molar-refractivity contribution in [1.82, 2.24) is 10.7 Å². The molecule has 4 rings (SSSR count). The van der Waals surface area contributed by atoms with Crippen molar-refractivity contribution >= 4 is 51.7 Å². The molecule has 0 aromatic heterocycles. The fourth-order valence-corrected chi connectivity index (χ4v) is 4.10. The Bertz CT molecular complexity index is 1600. The number of carbonyl (C=O) groups is 3. The summed E-state index contributed by atoms with van der Waals surface area (Å²) in [6.45, 7) is 0. The van der Waals surface area contributed by atoms with E-state index in [2.05, 4.69) is 31.8 Å². The van der Waals surface area contributed by atoms with Crippen LogP contribution in [0.4, 0.5) is 5.69 Å². The minimum absolute atomic E-state index is 0.0183. The van der Waals surface area contributed by atoms with Crippen LogP contribution >= 0.6 is 15.9 Å². The van der Waals surface area contributed by atoms with E-state index in [-0.39, 0.29) is 5.70 Å². The number of nitrogens with zero attached hydrogens (tertiary/aromatic N) is 2. The second-order valence-corrected chi connectivity index (χ2v) is 9.86. The van der Waals surface area contributed by atoms with Crippen LogP contribution in [0, 0.1) is 0 Å². The number of hydrazone groups is 1. The lowest BCUT2D eigenvalue weighted by Crippen LogP contribution is -2.32. The molecule has 2 N–H and O–H groups in total. The van der Waals surface area contributed by atoms with Gasteiger partial charge in [0.1, 0.15) is 11.4 Å². The molecule has 0 aliphatic rings. The highest BCUT2D eigenvalue weighted by atomic mass is 79.9. The Balaban J connectivity index is 1.48. The first-order chi connectivity index (χ1) is 19.8. The van der Waals surface area contributed by atoms with Gasteiger partial charge in [0, 0.05) is 29.8 Å². The van der Waals surface area contributed by atoms with Crippen molar-refractivity contribution in [1.29, 1.82) is 0 Å². The molecule has 0 aliphatic heterocycles. The van der Waals surface area contributed by atoms with Crippen LogP contribution in [0.2, 0.25) is 0 Å². The highest BCUT2D eigenvalue weighted by Gasteiger charge is 2.15. The largest absolute Gasteiger partial charge is 0.423 e. The molecule has 0 saturated carbocycles. The molecule has 4 aromatic rings. The van der Waals surface area contributed by atoms with Crippen molar-refractivity contribution in [3.63, 3.8) is 0 Å². The second kappa shape index (κ2) is 13.9. The Morgan fingerprint density at radius 1 is 0.829 bits per heavy atom. The van der Waals surface area contributed by atoms with E-state index in [9.17, 15) is 14.4 Å². The van der Waals surface area contributed by atoms with Crippen LogP contribution in [0.15, 0.2) is 118 Å². The summed E-state index contributed by atoms with van der Waals surface area (Å²) in [7, 11) is 3.87. The lowest BCUT2D eigenvalue weighted by atomic mass is 10.1. The van der Waals surface area contributed by atoms with Crippen molar-refractivity contribution in [3.05, 3.63) is 136 Å². The van der Waals surface area contributed by atoms with Gasteiger partial charge >= 0.3 is 5.97 Å². The molecule has 0 spiro atoms. The van der Waals surface area contributed by atoms with Crippen LogP contribution in [0.1, 0.15) is 31.8 Å². The van der Waals surface area contributed by atoms with Gasteiger partial charge < -0.3 is 15.0 Å². The number of hydrogen-bond acceptors (Lipinski definition) is 6. The summed E-state index contributed by atoms with van der Waals surface area (Å²) in [5.74, 6) is -1.24. The Hall–Kier alpha value is -5.02. The Morgan fingerprint density at radius 3 is 2.24 bits per heavy atom. The normalized spacial score (nSPS) is 11.1. The van der Waals surface area contributed by atoms with Gasteiger partial charge in [-0.1, -0.05) is 54.6 Å². The summed E-state index contributed by atoms with van der Waals surface area (Å²) in [6, 6.07) is 29.8. The van der Waals surface area contributed by atoms with Crippen molar-refractivity contribution in [2.75, 3.05) is 19.0 Å². The van der Waals surface area contributed by atoms with Gasteiger partial charge in [-0.15, -0.1) is 0 Å². The van der Waals surface area contributed by atoms with Crippen molar-refractivity contribution in [3.8, 4) is 5.75 Å². The van der Waals surface area contributed by atoms with Crippen LogP contribution in [0.3, 0.4) is 0 Å². The minimum atomic E-state index is -0.612. The SMILES string of the molecule is CN(C)c1ccc(/C=C(/NC(=O)c2ccccc2)C(=O)N/N=C\c2cccc(OC(=O)c3ccccc3Br)c2)cc1. The summed E-state index contributed by atoms with van der Waals surface area (Å²) in [5, 5.41) is 6.73. The van der Waals surface area contributed by atoms with Gasteiger partial charge in [0.05, 0.1) is 11.8 Å². The van der Waals surface area contributed by atoms with E-state index in [0.29, 0.717) is 26.9 Å². The number of nitrogens with one attached hydrogen (secondary N) is 2. The van der Waals surface area contributed by atoms with Crippen molar-refractivity contribution < 1.29 is 19.1 Å². The van der Waals surface area contributed by atoms with Gasteiger partial charge in [0.15, 0.2) is 0 Å². The third-order valence-electron chi connectivity index (χ3n) is 5.79. The predicted molar refractivity (Wildman–Crippen MR) is 164 cm³/mol. The summed E-state index contributed by atoms with van der Waals surface area (Å²) in [5.41, 5.74) is 5.58. The Labute approximate surface area is 246 Å². The molecule has 4 aromatic carbocycles. The summed E-state index contributed by atoms with van der Waals surface area (Å²) >= 11 is 3.35. The first-order valence-electron chi connectivity index (χ1n) is 12.6. The number of rotatable bonds is 9. The number of anilines is 1. The quantitative estimate of drug-likeness (QED) is 0.0838. The van der Waals surface area contributed by atoms with Gasteiger partial charge in [-0.25, -0.2) is 10.2 Å². The highest BCUT2D eigenvalue weighted by Crippen LogP contribution is 2.20. The first-order valence-corrected chi connectivity index (χ1v) is 13.3. The topological polar surface area (TPSA) is 100 Å². The first kappa shape index (κ1) is 29.0. The van der Waals surface area contributed by atoms with E-state index in [0.717, 1.165) is 11.3 Å². The van der Waals surface area contributed by atoms with E-state index in [1.54, 1.807) is 84.9 Å². The maximum Gasteiger partial charge on any atom is 0.344 e. The van der Waals surface area contributed by atoms with Gasteiger partial charge in [0.2, 0.25) is 0 Å². The standard InChI is InChI=1S/C32H27BrN4O4/c1-37(2)25-17-15-22(16-18-25)20-29(35-30(38)24-10-4-3-5-11-24)31(39)36-34-21-23-9-8-12-26(19-23)41-32(40)27-13-6-7-14-28(27)33/h3-21H,1-2H3,(H,35,38)(H,36,39)/b29-20+,34-21-. The zero-order valence-corrected chi connectivity index (χ0v) is 24.0. The molecule has 0 aliphatic carbocycles. The monoisotopic (exact) mass is 610 g/mol. The summed E-state index contributed by atoms with van der Waals surface area (Å²) in [4.78, 5) is 40.4. The minimum Gasteiger partial charge on any atom is -0.423 e. The maximum atomic E-state index is 13.1. The van der Waals surface area contributed by atoms with Crippen LogP contribution < -0.4 is 20.4 Å². The molecule has 2 amide bonds. The highest BCUT2D eigenvalue weighted by molar-refractivity contribution is 9.10. The van der Waals surface area contributed by atoms with Crippen LogP contribution in [-0.2, 0) is 4.79 Å². The van der Waals surface area contributed by atoms with Gasteiger partial charge in [-0.05, 0) is 81.7 Å². The molecule has 0 heterocycles. The molecule has 41 heavy (non-hydrogen) atoms. The molecule has 0 fully saturated rings. The number of carbonyl (C=O) groups excluding carboxylic acids is 3. The van der Waals surface area contributed by atoms with Crippen LogP contribution in [0.5, 0.6) is 5.75 Å². The lowest BCUT2D eigenvalue weighted by Gasteiger charge is -2.12. The average molecular weight is 611 g/mol. The third kappa shape index (κ3) is 8.23. The third-order valence-corrected chi connectivity index (χ3v) is 6.48. The number of esters is 1. The number of amides is 2. The van der Waals surface area contributed by atoms with Gasteiger partial charge in [-0.2, -0.15) is 5.10 Å². The zero-order valence-electron chi connectivity index (χ0n) is 22.4. The van der Waals surface area contributed by atoms with Crippen molar-refractivity contribution in [2.24, 2.45) is 5.10 Å². The molecule has 0 atom stereocenters. The van der Waals surface area contributed by atoms with Gasteiger partial charge in [-0.3, -0.25) is 9.59 Å². The molecular formula is C32H27BrN4O4. The fraction of sp³-hybridized carbons (Fsp3) is 0.0625. The molecule has 0 unspecified atom stereocenters. The average Bonchev–Trinajstić information content (AvgIpc) is 2.98. The number of hydrogen-bond donors (Lipinski definition) is 2. The van der Waals surface area contributed by atoms with Crippen molar-refractivity contribution in [2.45, 2.75) is 0 Å². The molecule has 0 bridgehead atoms. The Kier molecular flexibility index (Phi) is 9.80. The predicted octanol–water partition coefficient (Wildman–Crippen LogP) is 5.66. The number of halogens is 1. The van der Waals surface area contributed by atoms with E-state index in [1.807, 2.05) is 43.3 Å². The number of ether oxygens (including phenoxy) is 1. The van der Waals surface area contributed by atoms with Crippen LogP contribution in [0.25, 0.3) is 6.08 Å². The summed E-state index contributed by atoms with van der Waals surface area (Å²) in [6.07, 6.45) is 2.99. The van der Waals surface area contributed by atoms with E-state index >= 15 is 0 Å². The van der Waals surface area contributed by atoms with E-state index in [1.165, 1.54) is 6.21 Å². The second-order valence-electron chi connectivity index (χ2n) is 9.01. The fourth-order valence-electron chi connectivity index (χ4n) is 3.65. The van der Waals surface area contributed by atoms with E-state index < -0.39 is 17.8 Å². The molecule has 0 saturated heterocycles. The smallest absolute Gasteiger partial charge is 0.344 e. The molecular weight excluding hydrogens is 584 g/mol. The number of benzene rings is 4. The van der Waals surface area contributed by atoms with Gasteiger partial charge in [0.25, 0.3) is 11.8 Å².